The van der Waals surface area contributed by atoms with Crippen LogP contribution in [0.1, 0.15) is 70.2 Å². The number of piperidine rings is 3. The van der Waals surface area contributed by atoms with Crippen molar-refractivity contribution < 1.29 is 18.7 Å². The van der Waals surface area contributed by atoms with Crippen LogP contribution in [0.2, 0.25) is 0 Å². The van der Waals surface area contributed by atoms with Crippen LogP contribution in [0.5, 0.6) is 11.5 Å². The number of benzene rings is 1. The van der Waals surface area contributed by atoms with E-state index in [1.54, 1.807) is 11.1 Å². The van der Waals surface area contributed by atoms with Crippen molar-refractivity contribution in [1.29, 1.82) is 0 Å². The number of aromatic nitrogens is 2. The molecule has 43 heavy (non-hydrogen) atoms. The van der Waals surface area contributed by atoms with Crippen LogP contribution in [0.3, 0.4) is 0 Å². The second-order valence-electron chi connectivity index (χ2n) is 13.4. The number of hydrogen-bond acceptors (Lipinski definition) is 7. The van der Waals surface area contributed by atoms with Crippen LogP contribution in [0.25, 0.3) is 0 Å². The number of fused-ring (bicyclic) bond motifs is 3. The molecule has 10 heteroatoms. The van der Waals surface area contributed by atoms with Gasteiger partial charge in [-0.3, -0.25) is 9.59 Å². The van der Waals surface area contributed by atoms with Crippen LogP contribution < -0.4 is 15.0 Å². The van der Waals surface area contributed by atoms with E-state index in [4.69, 9.17) is 4.74 Å². The highest BCUT2D eigenvalue weighted by molar-refractivity contribution is 5.97. The van der Waals surface area contributed by atoms with Crippen LogP contribution in [0.15, 0.2) is 42.9 Å². The summed E-state index contributed by atoms with van der Waals surface area (Å²) in [6, 6.07) is 4.16. The lowest BCUT2D eigenvalue weighted by molar-refractivity contribution is -0.138. The molecule has 9 nitrogen and oxygen atoms in total. The van der Waals surface area contributed by atoms with E-state index in [2.05, 4.69) is 26.8 Å². The molecule has 3 atom stereocenters. The molecule has 2 aromatic rings. The van der Waals surface area contributed by atoms with Gasteiger partial charge >= 0.3 is 0 Å². The van der Waals surface area contributed by atoms with Gasteiger partial charge in [-0.25, -0.2) is 14.4 Å². The number of hydrogen-bond donors (Lipinski definition) is 1. The zero-order valence-corrected chi connectivity index (χ0v) is 25.7. The second kappa shape index (κ2) is 11.5. The van der Waals surface area contributed by atoms with Gasteiger partial charge in [-0.15, -0.1) is 0 Å². The molecule has 1 saturated carbocycles. The number of likely N-dealkylation sites (tertiary alicyclic amines) is 1. The quantitative estimate of drug-likeness (QED) is 0.464. The molecule has 1 aliphatic carbocycles. The molecule has 2 bridgehead atoms. The summed E-state index contributed by atoms with van der Waals surface area (Å²) < 4.78 is 20.6. The SMILES string of the molecule is C=C1CC2CC[C@H]1[C@@H](C(=O)N1CCC3(CC1)CN(c1ncncc1Oc1ccc(F)cc1C(=O)N(C(C)C)C(C)C)C3)N2. The summed E-state index contributed by atoms with van der Waals surface area (Å²) in [5.74, 6) is 1.04. The second-order valence-corrected chi connectivity index (χ2v) is 13.4. The Morgan fingerprint density at radius 3 is 2.49 bits per heavy atom. The summed E-state index contributed by atoms with van der Waals surface area (Å²) in [6.45, 7) is 15.1. The third kappa shape index (κ3) is 5.61. The van der Waals surface area contributed by atoms with Crippen LogP contribution in [0.4, 0.5) is 10.2 Å². The first-order valence-electron chi connectivity index (χ1n) is 15.6. The normalized spacial score (nSPS) is 24.4. The highest BCUT2D eigenvalue weighted by Crippen LogP contribution is 2.45. The van der Waals surface area contributed by atoms with Crippen molar-refractivity contribution in [3.63, 3.8) is 0 Å². The molecule has 5 fully saturated rings. The van der Waals surface area contributed by atoms with Gasteiger partial charge in [-0.1, -0.05) is 12.2 Å². The fraction of sp³-hybridized carbons (Fsp3) is 0.576. The van der Waals surface area contributed by atoms with Gasteiger partial charge in [0.25, 0.3) is 5.91 Å². The first-order chi connectivity index (χ1) is 20.5. The van der Waals surface area contributed by atoms with Crippen molar-refractivity contribution in [3.05, 3.63) is 54.3 Å². The fourth-order valence-corrected chi connectivity index (χ4v) is 7.64. The van der Waals surface area contributed by atoms with Crippen LogP contribution >= 0.6 is 0 Å². The topological polar surface area (TPSA) is 90.9 Å². The largest absolute Gasteiger partial charge is 0.451 e. The maximum Gasteiger partial charge on any atom is 0.258 e. The van der Waals surface area contributed by atoms with E-state index in [1.807, 2.05) is 32.6 Å². The summed E-state index contributed by atoms with van der Waals surface area (Å²) in [7, 11) is 0. The molecule has 1 spiro atoms. The van der Waals surface area contributed by atoms with Gasteiger partial charge in [0.15, 0.2) is 11.6 Å². The Bertz CT molecular complexity index is 1390. The number of carbonyl (C=O) groups excluding carboxylic acids is 2. The van der Waals surface area contributed by atoms with E-state index in [1.165, 1.54) is 30.1 Å². The highest BCUT2D eigenvalue weighted by Gasteiger charge is 2.49. The van der Waals surface area contributed by atoms with Crippen LogP contribution in [-0.2, 0) is 4.79 Å². The molecule has 1 aromatic carbocycles. The number of nitrogens with zero attached hydrogens (tertiary/aromatic N) is 5. The Kier molecular flexibility index (Phi) is 7.91. The predicted octanol–water partition coefficient (Wildman–Crippen LogP) is 4.79. The first-order valence-corrected chi connectivity index (χ1v) is 15.6. The summed E-state index contributed by atoms with van der Waals surface area (Å²) in [4.78, 5) is 41.6. The van der Waals surface area contributed by atoms with E-state index in [0.717, 1.165) is 58.3 Å². The fourth-order valence-electron chi connectivity index (χ4n) is 7.64. The van der Waals surface area contributed by atoms with Gasteiger partial charge in [0, 0.05) is 55.6 Å². The molecule has 5 heterocycles. The molecule has 4 saturated heterocycles. The molecule has 2 amide bonds. The van der Waals surface area contributed by atoms with E-state index in [0.29, 0.717) is 17.6 Å². The van der Waals surface area contributed by atoms with E-state index in [9.17, 15) is 14.0 Å². The van der Waals surface area contributed by atoms with Gasteiger partial charge < -0.3 is 24.8 Å². The van der Waals surface area contributed by atoms with Gasteiger partial charge in [0.1, 0.15) is 17.9 Å². The van der Waals surface area contributed by atoms with Gasteiger partial charge in [0.2, 0.25) is 5.91 Å². The lowest BCUT2D eigenvalue weighted by Crippen LogP contribution is -2.64. The number of halogens is 1. The molecular weight excluding hydrogens is 547 g/mol. The van der Waals surface area contributed by atoms with E-state index < -0.39 is 5.82 Å². The molecule has 1 unspecified atom stereocenters. The first kappa shape index (κ1) is 29.5. The minimum Gasteiger partial charge on any atom is -0.451 e. The van der Waals surface area contributed by atoms with Crippen molar-refractivity contribution in [1.82, 2.24) is 25.1 Å². The van der Waals surface area contributed by atoms with Crippen LogP contribution in [-0.4, -0.2) is 81.9 Å². The molecule has 5 aliphatic rings. The molecule has 1 aromatic heterocycles. The lowest BCUT2D eigenvalue weighted by atomic mass is 9.70. The number of ether oxygens (including phenoxy) is 1. The predicted molar refractivity (Wildman–Crippen MR) is 163 cm³/mol. The highest BCUT2D eigenvalue weighted by atomic mass is 19.1. The average molecular weight is 591 g/mol. The third-order valence-electron chi connectivity index (χ3n) is 9.83. The molecule has 4 aliphatic heterocycles. The number of anilines is 1. The Balaban J connectivity index is 1.12. The minimum atomic E-state index is -0.501. The van der Waals surface area contributed by atoms with Crippen molar-refractivity contribution >= 4 is 17.6 Å². The number of nitrogens with one attached hydrogen (secondary N) is 1. The zero-order chi connectivity index (χ0) is 30.5. The minimum absolute atomic E-state index is 0.0632. The molecule has 0 radical (unpaired) electrons. The maximum atomic E-state index is 14.3. The lowest BCUT2D eigenvalue weighted by Gasteiger charge is -2.55. The van der Waals surface area contributed by atoms with Crippen molar-refractivity contribution in [3.8, 4) is 11.5 Å². The standard InChI is InChI=1S/C33H43FN6O3/c1-20(2)40(21(3)4)31(41)26-15-23(34)6-9-27(26)43-28-16-35-19-36-30(28)39-17-33(18-39)10-12-38(13-11-33)32(42)29-25-8-7-24(37-29)14-22(25)5/h6,9,15-16,19-21,24-25,29,37H,5,7-8,10-14,17-18H2,1-4H3/t24?,25-,29+/m1/s1. The smallest absolute Gasteiger partial charge is 0.258 e. The Morgan fingerprint density at radius 2 is 1.84 bits per heavy atom. The Morgan fingerprint density at radius 1 is 1.12 bits per heavy atom. The van der Waals surface area contributed by atoms with Gasteiger partial charge in [-0.2, -0.15) is 0 Å². The maximum absolute atomic E-state index is 14.3. The van der Waals surface area contributed by atoms with Gasteiger partial charge in [0.05, 0.1) is 17.8 Å². The molecular formula is C33H43FN6O3. The molecule has 1 N–H and O–H groups in total. The number of rotatable bonds is 7. The number of carbonyl (C=O) groups is 2. The van der Waals surface area contributed by atoms with E-state index in [-0.39, 0.29) is 52.6 Å². The molecule has 230 valence electrons. The Hall–Kier alpha value is -3.53. The summed E-state index contributed by atoms with van der Waals surface area (Å²) >= 11 is 0. The monoisotopic (exact) mass is 590 g/mol. The van der Waals surface area contributed by atoms with Crippen molar-refractivity contribution in [2.45, 2.75) is 84.0 Å². The molecule has 7 rings (SSSR count). The average Bonchev–Trinajstić information content (AvgIpc) is 2.96. The summed E-state index contributed by atoms with van der Waals surface area (Å²) in [6.07, 6.45) is 8.15. The summed E-state index contributed by atoms with van der Waals surface area (Å²) in [5, 5.41) is 3.58. The van der Waals surface area contributed by atoms with Crippen LogP contribution in [0, 0.1) is 17.2 Å². The van der Waals surface area contributed by atoms with Gasteiger partial charge in [-0.05, 0) is 78.0 Å². The van der Waals surface area contributed by atoms with Crippen molar-refractivity contribution in [2.75, 3.05) is 31.1 Å². The summed E-state index contributed by atoms with van der Waals surface area (Å²) in [5.41, 5.74) is 1.51. The Labute approximate surface area is 253 Å². The van der Waals surface area contributed by atoms with Crippen molar-refractivity contribution in [2.24, 2.45) is 11.3 Å². The third-order valence-corrected chi connectivity index (χ3v) is 9.83. The number of amides is 2. The van der Waals surface area contributed by atoms with E-state index >= 15 is 0 Å². The zero-order valence-electron chi connectivity index (χ0n) is 25.7.